The zero-order valence-electron chi connectivity index (χ0n) is 22.5. The second-order valence-electron chi connectivity index (χ2n) is 13.1. The third-order valence-electron chi connectivity index (χ3n) is 6.97. The molecular weight excluding hydrogens is 466 g/mol. The standard InChI is InChI=1S/C13H9.C10H22Si2.C4H10N.C2H4.Ti/c1-3-7-12-10(5-1)9-11-6-2-4-8-13(11)12;1-9(11(3,4)5)10(2)12(6,7)8;1-4(2,3)5;1-2;/h1-9H;1-2H2,3-8H3;5H,1-3H3;1-2H2;/q;;-1;;+1. The molecule has 1 fully saturated rings. The molecule has 1 nitrogen and oxygen atoms in total. The summed E-state index contributed by atoms with van der Waals surface area (Å²) in [5, 5.41) is 2.73. The first kappa shape index (κ1) is 26.6. The Balaban J connectivity index is 0.000000221. The molecule has 1 aliphatic carbocycles. The van der Waals surface area contributed by atoms with Crippen LogP contribution >= 0.6 is 0 Å². The number of nitrogens with one attached hydrogen (secondary N) is 1. The average molecular weight is 512 g/mol. The molecule has 0 saturated carbocycles. The summed E-state index contributed by atoms with van der Waals surface area (Å²) in [7, 11) is -2.39. The molecule has 0 atom stereocenters. The molecule has 0 unspecified atom stereocenters. The summed E-state index contributed by atoms with van der Waals surface area (Å²) in [6, 6.07) is 18.2. The molecule has 1 heterocycles. The number of hydrogen-bond acceptors (Lipinski definition) is 1. The van der Waals surface area contributed by atoms with Crippen LogP contribution < -0.4 is 3.80 Å². The van der Waals surface area contributed by atoms with Crippen LogP contribution in [0.15, 0.2) is 72.1 Å². The van der Waals surface area contributed by atoms with Crippen LogP contribution in [0.4, 0.5) is 0 Å². The Morgan fingerprint density at radius 3 is 1.42 bits per heavy atom. The number of fused-ring (bicyclic) bond motifs is 3. The van der Waals surface area contributed by atoms with Gasteiger partial charge in [-0.15, -0.1) is 0 Å². The summed E-state index contributed by atoms with van der Waals surface area (Å²) in [6.07, 6.45) is 0. The quantitative estimate of drug-likeness (QED) is 0.312. The molecule has 4 rings (SSSR count). The van der Waals surface area contributed by atoms with Gasteiger partial charge in [-0.05, 0) is 0 Å². The van der Waals surface area contributed by atoms with Crippen LogP contribution in [0.2, 0.25) is 48.7 Å². The van der Waals surface area contributed by atoms with Crippen molar-refractivity contribution in [1.29, 1.82) is 0 Å². The summed E-state index contributed by atoms with van der Waals surface area (Å²) in [4.78, 5) is 0. The second kappa shape index (κ2) is 9.24. The monoisotopic (exact) mass is 511 g/mol. The summed E-state index contributed by atoms with van der Waals surface area (Å²) in [6.45, 7) is 29.4. The van der Waals surface area contributed by atoms with Gasteiger partial charge in [0.1, 0.15) is 0 Å². The Bertz CT molecular complexity index is 977. The number of benzene rings is 2. The van der Waals surface area contributed by atoms with Gasteiger partial charge in [-0.25, -0.2) is 0 Å². The van der Waals surface area contributed by atoms with E-state index in [0.29, 0.717) is 4.22 Å². The summed E-state index contributed by atoms with van der Waals surface area (Å²) in [5.74, 6) is 0. The molecule has 0 aromatic heterocycles. The molecule has 0 radical (unpaired) electrons. The minimum atomic E-state index is -1.99. The zero-order chi connectivity index (χ0) is 24.8. The van der Waals surface area contributed by atoms with Gasteiger partial charge in [-0.1, -0.05) is 62.8 Å². The van der Waals surface area contributed by atoms with Gasteiger partial charge in [0.05, 0.1) is 16.1 Å². The van der Waals surface area contributed by atoms with E-state index in [9.17, 15) is 0 Å². The third kappa shape index (κ3) is 6.00. The van der Waals surface area contributed by atoms with E-state index < -0.39 is 33.0 Å². The molecule has 2 aromatic carbocycles. The van der Waals surface area contributed by atoms with Crippen molar-refractivity contribution in [3.05, 3.63) is 83.2 Å². The van der Waals surface area contributed by atoms with E-state index in [1.165, 1.54) is 31.0 Å². The molecule has 1 aliphatic heterocycles. The molecular formula is C29H45NSi2Ti. The Morgan fingerprint density at radius 2 is 1.12 bits per heavy atom. The Hall–Kier alpha value is -0.972. The van der Waals surface area contributed by atoms with Crippen LogP contribution in [0, 0.1) is 0 Å². The predicted molar refractivity (Wildman–Crippen MR) is 151 cm³/mol. The maximum atomic E-state index is 4.19. The van der Waals surface area contributed by atoms with Crippen LogP contribution in [-0.2, 0) is 16.8 Å². The normalized spacial score (nSPS) is 16.9. The van der Waals surface area contributed by atoms with Crippen molar-refractivity contribution in [3.8, 4) is 11.1 Å². The van der Waals surface area contributed by atoms with E-state index >= 15 is 0 Å². The number of allylic oxidation sites excluding steroid dienone is 2. The van der Waals surface area contributed by atoms with E-state index in [1.54, 1.807) is 11.1 Å². The Morgan fingerprint density at radius 1 is 0.758 bits per heavy atom. The van der Waals surface area contributed by atoms with Gasteiger partial charge in [0.25, 0.3) is 0 Å². The van der Waals surface area contributed by atoms with Gasteiger partial charge in [0, 0.05) is 0 Å². The third-order valence-corrected chi connectivity index (χ3v) is 18.6. The van der Waals surface area contributed by atoms with Crippen molar-refractivity contribution >= 4 is 16.1 Å². The molecule has 1 N–H and O–H groups in total. The SMILES string of the molecule is C=C(C(=C)[Si](C)(C)C)[Si](C)(C)C.CC(C)(C)[NH][Ti]1([CH]2c3ccccc3-c3ccccc32)[CH2][CH2]1. The summed E-state index contributed by atoms with van der Waals surface area (Å²) < 4.78 is 7.73. The molecule has 2 aliphatic rings. The van der Waals surface area contributed by atoms with Crippen LogP contribution in [0.5, 0.6) is 0 Å². The molecule has 178 valence electrons. The maximum absolute atomic E-state index is 4.19. The van der Waals surface area contributed by atoms with Gasteiger partial charge in [-0.2, -0.15) is 0 Å². The zero-order valence-corrected chi connectivity index (χ0v) is 26.1. The fraction of sp³-hybridized carbons (Fsp3) is 0.448. The van der Waals surface area contributed by atoms with Gasteiger partial charge in [0.2, 0.25) is 0 Å². The van der Waals surface area contributed by atoms with Crippen LogP contribution in [0.1, 0.15) is 36.1 Å². The fourth-order valence-corrected chi connectivity index (χ4v) is 17.7. The van der Waals surface area contributed by atoms with E-state index in [1.807, 2.05) is 0 Å². The second-order valence-corrected chi connectivity index (χ2v) is 29.8. The number of rotatable bonds is 5. The van der Waals surface area contributed by atoms with Gasteiger partial charge in [-0.3, -0.25) is 0 Å². The van der Waals surface area contributed by atoms with E-state index in [2.05, 4.69) is 126 Å². The molecule has 2 aromatic rings. The van der Waals surface area contributed by atoms with Crippen LogP contribution in [0.3, 0.4) is 0 Å². The summed E-state index contributed by atoms with van der Waals surface area (Å²) >= 11 is -1.99. The van der Waals surface area contributed by atoms with Crippen LogP contribution in [-0.4, -0.2) is 21.7 Å². The van der Waals surface area contributed by atoms with Gasteiger partial charge >= 0.3 is 131 Å². The fourth-order valence-electron chi connectivity index (χ4n) is 5.02. The Labute approximate surface area is 209 Å². The van der Waals surface area contributed by atoms with E-state index in [0.717, 1.165) is 0 Å². The molecule has 0 bridgehead atoms. The van der Waals surface area contributed by atoms with Crippen molar-refractivity contribution in [3.63, 3.8) is 0 Å². The summed E-state index contributed by atoms with van der Waals surface area (Å²) in [5.41, 5.74) is 6.38. The molecule has 33 heavy (non-hydrogen) atoms. The van der Waals surface area contributed by atoms with Crippen molar-refractivity contribution in [2.45, 2.75) is 79.3 Å². The minimum absolute atomic E-state index is 0.239. The molecule has 0 spiro atoms. The predicted octanol–water partition coefficient (Wildman–Crippen LogP) is 8.92. The molecule has 0 amide bonds. The van der Waals surface area contributed by atoms with Gasteiger partial charge < -0.3 is 0 Å². The Kier molecular flexibility index (Phi) is 7.46. The number of hydrogen-bond donors (Lipinski definition) is 1. The van der Waals surface area contributed by atoms with Crippen molar-refractivity contribution < 1.29 is 16.8 Å². The van der Waals surface area contributed by atoms with Crippen molar-refractivity contribution in [2.24, 2.45) is 0 Å². The van der Waals surface area contributed by atoms with E-state index in [-0.39, 0.29) is 5.54 Å². The molecule has 4 heteroatoms. The van der Waals surface area contributed by atoms with Crippen molar-refractivity contribution in [2.75, 3.05) is 0 Å². The van der Waals surface area contributed by atoms with Gasteiger partial charge in [0.15, 0.2) is 0 Å². The van der Waals surface area contributed by atoms with Crippen LogP contribution in [0.25, 0.3) is 11.1 Å². The first-order valence-corrected chi connectivity index (χ1v) is 23.3. The first-order valence-electron chi connectivity index (χ1n) is 12.4. The molecule has 1 saturated heterocycles. The first-order chi connectivity index (χ1) is 15.1. The topological polar surface area (TPSA) is 12.0 Å². The van der Waals surface area contributed by atoms with Crippen molar-refractivity contribution in [1.82, 2.24) is 3.80 Å². The average Bonchev–Trinajstić information content (AvgIpc) is 3.36. The van der Waals surface area contributed by atoms with E-state index in [4.69, 9.17) is 0 Å².